The van der Waals surface area contributed by atoms with Crippen molar-refractivity contribution in [3.8, 4) is 5.75 Å². The van der Waals surface area contributed by atoms with E-state index in [-0.39, 0.29) is 5.91 Å². The van der Waals surface area contributed by atoms with Crippen LogP contribution in [-0.4, -0.2) is 12.5 Å². The van der Waals surface area contributed by atoms with Crippen molar-refractivity contribution < 1.29 is 9.53 Å². The van der Waals surface area contributed by atoms with E-state index in [4.69, 9.17) is 16.3 Å². The maximum Gasteiger partial charge on any atom is 0.220 e. The lowest BCUT2D eigenvalue weighted by Crippen LogP contribution is -2.23. The van der Waals surface area contributed by atoms with E-state index in [1.54, 1.807) is 0 Å². The molecule has 4 heteroatoms. The Morgan fingerprint density at radius 1 is 1.44 bits per heavy atom. The first-order chi connectivity index (χ1) is 8.52. The molecule has 0 aliphatic heterocycles. The number of halogens is 1. The van der Waals surface area contributed by atoms with Crippen molar-refractivity contribution in [2.75, 3.05) is 6.61 Å². The van der Waals surface area contributed by atoms with E-state index in [2.05, 4.69) is 5.32 Å². The molecule has 0 unspecified atom stereocenters. The molecule has 0 bridgehead atoms. The van der Waals surface area contributed by atoms with Crippen LogP contribution in [0.1, 0.15) is 32.8 Å². The van der Waals surface area contributed by atoms with Crippen molar-refractivity contribution in [2.45, 2.75) is 33.7 Å². The summed E-state index contributed by atoms with van der Waals surface area (Å²) in [7, 11) is 0. The molecule has 0 spiro atoms. The van der Waals surface area contributed by atoms with Crippen molar-refractivity contribution in [1.29, 1.82) is 0 Å². The lowest BCUT2D eigenvalue weighted by Gasteiger charge is -2.09. The molecule has 0 aliphatic rings. The molecule has 0 aliphatic carbocycles. The van der Waals surface area contributed by atoms with Gasteiger partial charge in [0.2, 0.25) is 5.91 Å². The van der Waals surface area contributed by atoms with Crippen LogP contribution in [0, 0.1) is 5.92 Å². The molecule has 1 rings (SSSR count). The average Bonchev–Trinajstić information content (AvgIpc) is 2.29. The number of hydrogen-bond donors (Lipinski definition) is 1. The Balaban J connectivity index is 2.53. The Morgan fingerprint density at radius 3 is 2.72 bits per heavy atom. The van der Waals surface area contributed by atoms with Crippen LogP contribution in [-0.2, 0) is 11.3 Å². The fourth-order valence-corrected chi connectivity index (χ4v) is 1.83. The van der Waals surface area contributed by atoms with Gasteiger partial charge in [-0.2, -0.15) is 0 Å². The second-order valence-corrected chi connectivity index (χ2v) is 4.98. The Hall–Kier alpha value is -1.22. The van der Waals surface area contributed by atoms with Crippen molar-refractivity contribution in [3.05, 3.63) is 28.8 Å². The van der Waals surface area contributed by atoms with Crippen LogP contribution in [0.3, 0.4) is 0 Å². The van der Waals surface area contributed by atoms with E-state index >= 15 is 0 Å². The van der Waals surface area contributed by atoms with Gasteiger partial charge in [0.1, 0.15) is 5.75 Å². The first-order valence-corrected chi connectivity index (χ1v) is 6.58. The molecular formula is C14H20ClNO2. The molecule has 18 heavy (non-hydrogen) atoms. The molecule has 1 N–H and O–H groups in total. The Morgan fingerprint density at radius 2 is 2.17 bits per heavy atom. The number of ether oxygens (including phenoxy) is 1. The molecule has 0 radical (unpaired) electrons. The summed E-state index contributed by atoms with van der Waals surface area (Å²) < 4.78 is 5.35. The number of carbonyl (C=O) groups is 1. The molecule has 0 aromatic heterocycles. The third-order valence-electron chi connectivity index (χ3n) is 2.38. The third-order valence-corrected chi connectivity index (χ3v) is 2.67. The van der Waals surface area contributed by atoms with Gasteiger partial charge in [-0.3, -0.25) is 4.79 Å². The van der Waals surface area contributed by atoms with E-state index in [0.717, 1.165) is 5.56 Å². The summed E-state index contributed by atoms with van der Waals surface area (Å²) in [6.45, 7) is 7.04. The highest BCUT2D eigenvalue weighted by molar-refractivity contribution is 6.32. The summed E-state index contributed by atoms with van der Waals surface area (Å²) in [6.07, 6.45) is 0.546. The normalized spacial score (nSPS) is 10.5. The summed E-state index contributed by atoms with van der Waals surface area (Å²) in [4.78, 5) is 11.5. The fraction of sp³-hybridized carbons (Fsp3) is 0.500. The van der Waals surface area contributed by atoms with Gasteiger partial charge in [0, 0.05) is 13.0 Å². The SMILES string of the molecule is CCOc1ccc(CNC(=O)CC(C)C)cc1Cl. The molecule has 0 heterocycles. The minimum Gasteiger partial charge on any atom is -0.492 e. The highest BCUT2D eigenvalue weighted by atomic mass is 35.5. The summed E-state index contributed by atoms with van der Waals surface area (Å²) in [5.74, 6) is 1.11. The van der Waals surface area contributed by atoms with Crippen molar-refractivity contribution in [2.24, 2.45) is 5.92 Å². The van der Waals surface area contributed by atoms with Crippen molar-refractivity contribution in [3.63, 3.8) is 0 Å². The van der Waals surface area contributed by atoms with Gasteiger partial charge in [-0.15, -0.1) is 0 Å². The van der Waals surface area contributed by atoms with E-state index in [1.165, 1.54) is 0 Å². The van der Waals surface area contributed by atoms with Gasteiger partial charge in [0.05, 0.1) is 11.6 Å². The van der Waals surface area contributed by atoms with E-state index in [9.17, 15) is 4.79 Å². The largest absolute Gasteiger partial charge is 0.492 e. The highest BCUT2D eigenvalue weighted by Crippen LogP contribution is 2.25. The predicted molar refractivity (Wildman–Crippen MR) is 73.9 cm³/mol. The lowest BCUT2D eigenvalue weighted by atomic mass is 10.1. The number of benzene rings is 1. The molecule has 1 aromatic carbocycles. The van der Waals surface area contributed by atoms with Crippen molar-refractivity contribution >= 4 is 17.5 Å². The first kappa shape index (κ1) is 14.8. The Labute approximate surface area is 113 Å². The fourth-order valence-electron chi connectivity index (χ4n) is 1.57. The van der Waals surface area contributed by atoms with Crippen LogP contribution in [0.15, 0.2) is 18.2 Å². The summed E-state index contributed by atoms with van der Waals surface area (Å²) in [6, 6.07) is 5.56. The quantitative estimate of drug-likeness (QED) is 0.860. The van der Waals surface area contributed by atoms with Crippen molar-refractivity contribution in [1.82, 2.24) is 5.32 Å². The van der Waals surface area contributed by atoms with Crippen LogP contribution in [0.2, 0.25) is 5.02 Å². The first-order valence-electron chi connectivity index (χ1n) is 6.20. The van der Waals surface area contributed by atoms with Crippen LogP contribution in [0.4, 0.5) is 0 Å². The third kappa shape index (κ3) is 4.96. The topological polar surface area (TPSA) is 38.3 Å². The molecule has 0 saturated heterocycles. The summed E-state index contributed by atoms with van der Waals surface area (Å²) in [5.41, 5.74) is 0.973. The minimum atomic E-state index is 0.0648. The van der Waals surface area contributed by atoms with Gasteiger partial charge in [-0.05, 0) is 30.5 Å². The Bertz CT molecular complexity index is 405. The molecule has 3 nitrogen and oxygen atoms in total. The van der Waals surface area contributed by atoms with Gasteiger partial charge >= 0.3 is 0 Å². The van der Waals surface area contributed by atoms with Crippen LogP contribution in [0.5, 0.6) is 5.75 Å². The number of hydrogen-bond acceptors (Lipinski definition) is 2. The van der Waals surface area contributed by atoms with Crippen LogP contribution < -0.4 is 10.1 Å². The van der Waals surface area contributed by atoms with Crippen LogP contribution in [0.25, 0.3) is 0 Å². The second kappa shape index (κ2) is 7.27. The molecule has 0 saturated carbocycles. The molecule has 0 atom stereocenters. The average molecular weight is 270 g/mol. The molecular weight excluding hydrogens is 250 g/mol. The number of amides is 1. The van der Waals surface area contributed by atoms with E-state index in [1.807, 2.05) is 39.0 Å². The molecule has 0 fully saturated rings. The zero-order valence-corrected chi connectivity index (χ0v) is 11.9. The number of rotatable bonds is 6. The van der Waals surface area contributed by atoms with Gasteiger partial charge < -0.3 is 10.1 Å². The summed E-state index contributed by atoms with van der Waals surface area (Å²) in [5, 5.41) is 3.45. The maximum atomic E-state index is 11.5. The van der Waals surface area contributed by atoms with Gasteiger partial charge in [-0.25, -0.2) is 0 Å². The molecule has 1 aromatic rings. The minimum absolute atomic E-state index is 0.0648. The standard InChI is InChI=1S/C14H20ClNO2/c1-4-18-13-6-5-11(8-12(13)15)9-16-14(17)7-10(2)3/h5-6,8,10H,4,7,9H2,1-3H3,(H,16,17). The van der Waals surface area contributed by atoms with E-state index in [0.29, 0.717) is 36.3 Å². The predicted octanol–water partition coefficient (Wildman–Crippen LogP) is 3.40. The second-order valence-electron chi connectivity index (χ2n) is 4.57. The monoisotopic (exact) mass is 269 g/mol. The van der Waals surface area contributed by atoms with Gasteiger partial charge in [-0.1, -0.05) is 31.5 Å². The van der Waals surface area contributed by atoms with E-state index < -0.39 is 0 Å². The summed E-state index contributed by atoms with van der Waals surface area (Å²) >= 11 is 6.07. The van der Waals surface area contributed by atoms with Crippen LogP contribution >= 0.6 is 11.6 Å². The molecule has 1 amide bonds. The van der Waals surface area contributed by atoms with Gasteiger partial charge in [0.15, 0.2) is 0 Å². The lowest BCUT2D eigenvalue weighted by molar-refractivity contribution is -0.121. The number of carbonyl (C=O) groups excluding carboxylic acids is 1. The highest BCUT2D eigenvalue weighted by Gasteiger charge is 2.06. The smallest absolute Gasteiger partial charge is 0.220 e. The Kier molecular flexibility index (Phi) is 5.99. The zero-order valence-electron chi connectivity index (χ0n) is 11.1. The zero-order chi connectivity index (χ0) is 13.5. The molecule has 100 valence electrons. The number of nitrogens with one attached hydrogen (secondary N) is 1. The maximum absolute atomic E-state index is 11.5. The van der Waals surface area contributed by atoms with Gasteiger partial charge in [0.25, 0.3) is 0 Å².